The van der Waals surface area contributed by atoms with Gasteiger partial charge in [-0.3, -0.25) is 19.3 Å². The number of halogens is 2. The van der Waals surface area contributed by atoms with Crippen LogP contribution in [0.15, 0.2) is 21.5 Å². The van der Waals surface area contributed by atoms with Crippen molar-refractivity contribution in [3.05, 3.63) is 32.1 Å². The van der Waals surface area contributed by atoms with Crippen molar-refractivity contribution < 1.29 is 24.2 Å². The zero-order valence-electron chi connectivity index (χ0n) is 11.1. The molecule has 1 heterocycles. The van der Waals surface area contributed by atoms with Crippen LogP contribution in [-0.2, 0) is 14.3 Å². The third-order valence-electron chi connectivity index (χ3n) is 2.73. The lowest BCUT2D eigenvalue weighted by molar-refractivity contribution is -0.143. The first-order valence-corrected chi connectivity index (χ1v) is 7.82. The highest BCUT2D eigenvalue weighted by Crippen LogP contribution is 2.37. The molecule has 0 spiro atoms. The Morgan fingerprint density at radius 2 is 2.18 bits per heavy atom. The summed E-state index contributed by atoms with van der Waals surface area (Å²) in [6.07, 6.45) is 1.34. The van der Waals surface area contributed by atoms with Gasteiger partial charge in [-0.25, -0.2) is 0 Å². The number of amides is 2. The van der Waals surface area contributed by atoms with E-state index in [0.29, 0.717) is 21.3 Å². The zero-order valence-corrected chi connectivity index (χ0v) is 14.3. The van der Waals surface area contributed by atoms with Crippen molar-refractivity contribution in [3.8, 4) is 5.75 Å². The number of aromatic hydroxyl groups is 1. The summed E-state index contributed by atoms with van der Waals surface area (Å²) in [7, 11) is 1.17. The van der Waals surface area contributed by atoms with Crippen LogP contribution in [0, 0.1) is 0 Å². The van der Waals surface area contributed by atoms with Crippen molar-refractivity contribution >= 4 is 62.5 Å². The smallest absolute Gasteiger partial charge is 0.325 e. The first-order valence-electron chi connectivity index (χ1n) is 5.83. The first kappa shape index (κ1) is 16.9. The second-order valence-corrected chi connectivity index (χ2v) is 6.45. The number of hydrogen-bond donors (Lipinski definition) is 1. The van der Waals surface area contributed by atoms with E-state index < -0.39 is 23.7 Å². The second-order valence-electron chi connectivity index (χ2n) is 4.17. The number of esters is 1. The molecule has 6 nitrogen and oxygen atoms in total. The fourth-order valence-electron chi connectivity index (χ4n) is 1.67. The van der Waals surface area contributed by atoms with Gasteiger partial charge in [0.05, 0.1) is 16.5 Å². The van der Waals surface area contributed by atoms with Gasteiger partial charge < -0.3 is 9.84 Å². The highest BCUT2D eigenvalue weighted by Gasteiger charge is 2.36. The number of thioether (sulfide) groups is 1. The zero-order chi connectivity index (χ0) is 16.4. The summed E-state index contributed by atoms with van der Waals surface area (Å²) >= 11 is 9.69. The third kappa shape index (κ3) is 3.45. The number of phenolic OH excluding ortho intramolecular Hbond substituents is 1. The van der Waals surface area contributed by atoms with E-state index in [4.69, 9.17) is 11.6 Å². The number of carbonyl (C=O) groups excluding carboxylic acids is 3. The van der Waals surface area contributed by atoms with Crippen LogP contribution in [0.4, 0.5) is 4.79 Å². The molecule has 0 saturated carbocycles. The largest absolute Gasteiger partial charge is 0.506 e. The Bertz CT molecular complexity index is 706. The molecule has 0 aromatic heterocycles. The van der Waals surface area contributed by atoms with E-state index in [1.165, 1.54) is 25.3 Å². The molecule has 1 fully saturated rings. The van der Waals surface area contributed by atoms with Crippen molar-refractivity contribution in [2.75, 3.05) is 13.7 Å². The molecule has 1 aromatic rings. The Morgan fingerprint density at radius 3 is 2.82 bits per heavy atom. The fourth-order valence-corrected chi connectivity index (χ4v) is 3.33. The first-order chi connectivity index (χ1) is 10.3. The van der Waals surface area contributed by atoms with Gasteiger partial charge in [0, 0.05) is 10.6 Å². The lowest BCUT2D eigenvalue weighted by Crippen LogP contribution is -2.34. The van der Waals surface area contributed by atoms with E-state index >= 15 is 0 Å². The molecule has 2 rings (SSSR count). The third-order valence-corrected chi connectivity index (χ3v) is 4.46. The van der Waals surface area contributed by atoms with Gasteiger partial charge in [0.25, 0.3) is 11.1 Å². The highest BCUT2D eigenvalue weighted by molar-refractivity contribution is 9.10. The molecule has 1 saturated heterocycles. The summed E-state index contributed by atoms with van der Waals surface area (Å²) in [4.78, 5) is 36.0. The molecule has 22 heavy (non-hydrogen) atoms. The van der Waals surface area contributed by atoms with E-state index in [0.717, 1.165) is 4.90 Å². The Morgan fingerprint density at radius 1 is 1.50 bits per heavy atom. The lowest BCUT2D eigenvalue weighted by atomic mass is 10.2. The average Bonchev–Trinajstić information content (AvgIpc) is 2.71. The van der Waals surface area contributed by atoms with E-state index in [9.17, 15) is 19.5 Å². The number of hydrogen-bond acceptors (Lipinski definition) is 6. The summed E-state index contributed by atoms with van der Waals surface area (Å²) in [5, 5.41) is 9.71. The number of carbonyl (C=O) groups is 3. The van der Waals surface area contributed by atoms with Gasteiger partial charge in [0.15, 0.2) is 0 Å². The van der Waals surface area contributed by atoms with Gasteiger partial charge in [-0.05, 0) is 45.9 Å². The van der Waals surface area contributed by atoms with Crippen molar-refractivity contribution in [2.24, 2.45) is 0 Å². The molecule has 1 N–H and O–H groups in total. The van der Waals surface area contributed by atoms with Crippen LogP contribution in [-0.4, -0.2) is 40.8 Å². The second kappa shape index (κ2) is 6.72. The van der Waals surface area contributed by atoms with Crippen LogP contribution in [0.25, 0.3) is 6.08 Å². The summed E-state index contributed by atoms with van der Waals surface area (Å²) in [5.74, 6) is -1.43. The number of phenols is 1. The molecule has 0 unspecified atom stereocenters. The van der Waals surface area contributed by atoms with Crippen LogP contribution >= 0.6 is 39.3 Å². The number of methoxy groups -OCH3 is 1. The Kier molecular flexibility index (Phi) is 5.15. The summed E-state index contributed by atoms with van der Waals surface area (Å²) in [5.41, 5.74) is 0.281. The number of rotatable bonds is 3. The van der Waals surface area contributed by atoms with E-state index in [-0.39, 0.29) is 16.2 Å². The monoisotopic (exact) mass is 405 g/mol. The average molecular weight is 407 g/mol. The summed E-state index contributed by atoms with van der Waals surface area (Å²) in [6, 6.07) is 2.95. The predicted octanol–water partition coefficient (Wildman–Crippen LogP) is 3.02. The minimum atomic E-state index is -0.697. The van der Waals surface area contributed by atoms with Gasteiger partial charge in [-0.2, -0.15) is 0 Å². The Hall–Kier alpha value is -1.51. The minimum absolute atomic E-state index is 0.0818. The summed E-state index contributed by atoms with van der Waals surface area (Å²) in [6.45, 7) is -0.455. The van der Waals surface area contributed by atoms with Crippen LogP contribution in [0.5, 0.6) is 5.75 Å². The van der Waals surface area contributed by atoms with Crippen LogP contribution in [0.1, 0.15) is 5.56 Å². The quantitative estimate of drug-likeness (QED) is 0.613. The molecule has 116 valence electrons. The maximum atomic E-state index is 12.1. The number of ether oxygens (including phenoxy) is 1. The number of nitrogens with zero attached hydrogens (tertiary/aromatic N) is 1. The van der Waals surface area contributed by atoms with Gasteiger partial charge >= 0.3 is 5.97 Å². The highest BCUT2D eigenvalue weighted by atomic mass is 79.9. The molecule has 9 heteroatoms. The molecule has 0 radical (unpaired) electrons. The van der Waals surface area contributed by atoms with Crippen molar-refractivity contribution in [1.82, 2.24) is 4.90 Å². The minimum Gasteiger partial charge on any atom is -0.506 e. The van der Waals surface area contributed by atoms with Gasteiger partial charge in [0.1, 0.15) is 12.3 Å². The molecular weight excluding hydrogens is 398 g/mol. The van der Waals surface area contributed by atoms with Crippen LogP contribution < -0.4 is 0 Å². The SMILES string of the molecule is COC(=O)CN1C(=O)S/C(=C\c2cc(Cl)cc(Br)c2O)C1=O. The van der Waals surface area contributed by atoms with Crippen molar-refractivity contribution in [2.45, 2.75) is 0 Å². The van der Waals surface area contributed by atoms with E-state index in [1.54, 1.807) is 0 Å². The van der Waals surface area contributed by atoms with E-state index in [2.05, 4.69) is 20.7 Å². The van der Waals surface area contributed by atoms with Gasteiger partial charge in [0.2, 0.25) is 0 Å². The van der Waals surface area contributed by atoms with Gasteiger partial charge in [-0.15, -0.1) is 0 Å². The standard InChI is InChI=1S/C13H9BrClNO5S/c1-21-10(17)5-16-12(19)9(22-13(16)20)3-6-2-7(15)4-8(14)11(6)18/h2-4,18H,5H2,1H3/b9-3-. The molecule has 0 aliphatic carbocycles. The van der Waals surface area contributed by atoms with E-state index in [1.807, 2.05) is 0 Å². The van der Waals surface area contributed by atoms with Crippen molar-refractivity contribution in [3.63, 3.8) is 0 Å². The molecule has 0 bridgehead atoms. The molecular formula is C13H9BrClNO5S. The molecule has 1 aromatic carbocycles. The van der Waals surface area contributed by atoms with Gasteiger partial charge in [-0.1, -0.05) is 11.6 Å². The Labute approximate surface area is 143 Å². The lowest BCUT2D eigenvalue weighted by Gasteiger charge is -2.09. The Balaban J connectivity index is 2.33. The molecule has 1 aliphatic heterocycles. The maximum absolute atomic E-state index is 12.1. The molecule has 0 atom stereocenters. The summed E-state index contributed by atoms with van der Waals surface area (Å²) < 4.78 is 4.80. The fraction of sp³-hybridized carbons (Fsp3) is 0.154. The normalized spacial score (nSPS) is 16.5. The number of imide groups is 1. The van der Waals surface area contributed by atoms with Crippen molar-refractivity contribution in [1.29, 1.82) is 0 Å². The predicted molar refractivity (Wildman–Crippen MR) is 85.5 cm³/mol. The molecule has 2 amide bonds. The maximum Gasteiger partial charge on any atom is 0.325 e. The molecule has 1 aliphatic rings. The van der Waals surface area contributed by atoms with Crippen LogP contribution in [0.3, 0.4) is 0 Å². The number of benzene rings is 1. The van der Waals surface area contributed by atoms with Crippen LogP contribution in [0.2, 0.25) is 5.02 Å². The topological polar surface area (TPSA) is 83.9 Å².